The summed E-state index contributed by atoms with van der Waals surface area (Å²) in [5, 5.41) is 7.62. The van der Waals surface area contributed by atoms with Crippen molar-refractivity contribution in [3.8, 4) is 11.3 Å². The Kier molecular flexibility index (Phi) is 6.96. The van der Waals surface area contributed by atoms with Crippen molar-refractivity contribution in [3.63, 3.8) is 0 Å². The highest BCUT2D eigenvalue weighted by atomic mass is 35.5. The first-order valence-corrected chi connectivity index (χ1v) is 8.16. The van der Waals surface area contributed by atoms with Crippen molar-refractivity contribution in [1.82, 2.24) is 15.1 Å². The van der Waals surface area contributed by atoms with E-state index >= 15 is 0 Å². The molecule has 0 spiro atoms. The zero-order valence-corrected chi connectivity index (χ0v) is 14.3. The molecule has 0 unspecified atom stereocenters. The third-order valence-corrected chi connectivity index (χ3v) is 3.54. The molecule has 0 atom stereocenters. The maximum absolute atomic E-state index is 11.9. The molecule has 0 saturated heterocycles. The first-order valence-electron chi connectivity index (χ1n) is 7.78. The smallest absolute Gasteiger partial charge is 0.267 e. The monoisotopic (exact) mass is 349 g/mol. The standard InChI is InChI=1S/C17H20ClN3O3/c1-2-24-11-3-10-19-16(22)12-21-17(23)9-8-15(20-21)13-4-6-14(18)7-5-13/h4-9H,2-3,10-12H2,1H3,(H,19,22). The fourth-order valence-corrected chi connectivity index (χ4v) is 2.20. The Hall–Kier alpha value is -2.18. The van der Waals surface area contributed by atoms with Crippen LogP contribution >= 0.6 is 11.6 Å². The minimum atomic E-state index is -0.322. The van der Waals surface area contributed by atoms with Crippen LogP contribution in [-0.4, -0.2) is 35.4 Å². The summed E-state index contributed by atoms with van der Waals surface area (Å²) >= 11 is 5.87. The molecule has 0 aliphatic rings. The summed E-state index contributed by atoms with van der Waals surface area (Å²) in [6, 6.07) is 10.2. The number of amides is 1. The zero-order chi connectivity index (χ0) is 17.4. The van der Waals surface area contributed by atoms with Crippen LogP contribution in [0.25, 0.3) is 11.3 Å². The fourth-order valence-electron chi connectivity index (χ4n) is 2.08. The molecule has 7 heteroatoms. The second kappa shape index (κ2) is 9.20. The van der Waals surface area contributed by atoms with E-state index in [2.05, 4.69) is 10.4 Å². The molecule has 0 aliphatic carbocycles. The minimum Gasteiger partial charge on any atom is -0.382 e. The summed E-state index contributed by atoms with van der Waals surface area (Å²) in [5.74, 6) is -0.255. The number of aromatic nitrogens is 2. The van der Waals surface area contributed by atoms with Crippen LogP contribution in [0.1, 0.15) is 13.3 Å². The van der Waals surface area contributed by atoms with E-state index in [1.807, 2.05) is 19.1 Å². The number of hydrogen-bond donors (Lipinski definition) is 1. The Morgan fingerprint density at radius 3 is 2.71 bits per heavy atom. The summed E-state index contributed by atoms with van der Waals surface area (Å²) in [6.45, 7) is 3.56. The lowest BCUT2D eigenvalue weighted by molar-refractivity contribution is -0.121. The number of carbonyl (C=O) groups excluding carboxylic acids is 1. The molecule has 0 saturated carbocycles. The molecule has 0 bridgehead atoms. The number of rotatable bonds is 8. The van der Waals surface area contributed by atoms with E-state index in [1.165, 1.54) is 6.07 Å². The lowest BCUT2D eigenvalue weighted by Gasteiger charge is -2.08. The van der Waals surface area contributed by atoms with Crippen LogP contribution in [0, 0.1) is 0 Å². The first kappa shape index (κ1) is 18.2. The molecule has 1 amide bonds. The van der Waals surface area contributed by atoms with E-state index in [0.717, 1.165) is 16.7 Å². The number of carbonyl (C=O) groups is 1. The number of hydrogen-bond acceptors (Lipinski definition) is 4. The molecule has 0 fully saturated rings. The third-order valence-electron chi connectivity index (χ3n) is 3.29. The van der Waals surface area contributed by atoms with E-state index in [1.54, 1.807) is 18.2 Å². The number of benzene rings is 1. The van der Waals surface area contributed by atoms with Crippen molar-refractivity contribution in [2.75, 3.05) is 19.8 Å². The van der Waals surface area contributed by atoms with Crippen molar-refractivity contribution in [3.05, 3.63) is 51.8 Å². The summed E-state index contributed by atoms with van der Waals surface area (Å²) in [7, 11) is 0. The van der Waals surface area contributed by atoms with Crippen LogP contribution in [0.3, 0.4) is 0 Å². The summed E-state index contributed by atoms with van der Waals surface area (Å²) in [6.07, 6.45) is 0.729. The molecule has 0 radical (unpaired) electrons. The van der Waals surface area contributed by atoms with Gasteiger partial charge in [0.15, 0.2) is 0 Å². The van der Waals surface area contributed by atoms with Gasteiger partial charge < -0.3 is 10.1 Å². The molecule has 1 aromatic carbocycles. The highest BCUT2D eigenvalue weighted by molar-refractivity contribution is 6.30. The Morgan fingerprint density at radius 1 is 1.25 bits per heavy atom. The van der Waals surface area contributed by atoms with Gasteiger partial charge in [-0.2, -0.15) is 5.10 Å². The normalized spacial score (nSPS) is 10.6. The van der Waals surface area contributed by atoms with Gasteiger partial charge in [0.2, 0.25) is 5.91 Å². The molecule has 6 nitrogen and oxygen atoms in total. The summed E-state index contributed by atoms with van der Waals surface area (Å²) < 4.78 is 6.35. The zero-order valence-electron chi connectivity index (χ0n) is 13.5. The number of nitrogens with zero attached hydrogens (tertiary/aromatic N) is 2. The van der Waals surface area contributed by atoms with Gasteiger partial charge in [-0.15, -0.1) is 0 Å². The molecule has 2 rings (SSSR count). The Balaban J connectivity index is 1.99. The van der Waals surface area contributed by atoms with E-state index in [0.29, 0.717) is 30.5 Å². The van der Waals surface area contributed by atoms with Crippen molar-refractivity contribution in [2.45, 2.75) is 19.9 Å². The average molecular weight is 350 g/mol. The predicted molar refractivity (Wildman–Crippen MR) is 93.1 cm³/mol. The molecule has 128 valence electrons. The molecule has 2 aromatic rings. The van der Waals surface area contributed by atoms with Crippen LogP contribution < -0.4 is 10.9 Å². The van der Waals surface area contributed by atoms with Gasteiger partial charge in [0, 0.05) is 36.4 Å². The number of ether oxygens (including phenoxy) is 1. The lowest BCUT2D eigenvalue weighted by Crippen LogP contribution is -2.34. The van der Waals surface area contributed by atoms with Gasteiger partial charge in [0.05, 0.1) is 5.69 Å². The van der Waals surface area contributed by atoms with Crippen LogP contribution in [0.15, 0.2) is 41.2 Å². The van der Waals surface area contributed by atoms with Gasteiger partial charge in [-0.25, -0.2) is 4.68 Å². The Bertz CT molecular complexity index is 729. The maximum atomic E-state index is 11.9. The van der Waals surface area contributed by atoms with Crippen LogP contribution in [0.5, 0.6) is 0 Å². The van der Waals surface area contributed by atoms with Crippen LogP contribution in [-0.2, 0) is 16.1 Å². The Morgan fingerprint density at radius 2 is 2.00 bits per heavy atom. The Labute approximate surface area is 145 Å². The molecular formula is C17H20ClN3O3. The molecule has 0 aliphatic heterocycles. The van der Waals surface area contributed by atoms with Gasteiger partial charge in [-0.05, 0) is 31.5 Å². The maximum Gasteiger partial charge on any atom is 0.267 e. The topological polar surface area (TPSA) is 73.2 Å². The lowest BCUT2D eigenvalue weighted by atomic mass is 10.1. The van der Waals surface area contributed by atoms with Gasteiger partial charge in [0.25, 0.3) is 5.56 Å². The minimum absolute atomic E-state index is 0.116. The van der Waals surface area contributed by atoms with Crippen molar-refractivity contribution in [2.24, 2.45) is 0 Å². The SMILES string of the molecule is CCOCCCNC(=O)Cn1nc(-c2ccc(Cl)cc2)ccc1=O. The van der Waals surface area contributed by atoms with E-state index in [-0.39, 0.29) is 18.0 Å². The third kappa shape index (κ3) is 5.47. The van der Waals surface area contributed by atoms with E-state index in [9.17, 15) is 9.59 Å². The van der Waals surface area contributed by atoms with Gasteiger partial charge in [0.1, 0.15) is 6.54 Å². The second-order valence-electron chi connectivity index (χ2n) is 5.12. The fraction of sp³-hybridized carbons (Fsp3) is 0.353. The van der Waals surface area contributed by atoms with E-state index in [4.69, 9.17) is 16.3 Å². The van der Waals surface area contributed by atoms with Crippen molar-refractivity contribution in [1.29, 1.82) is 0 Å². The number of nitrogens with one attached hydrogen (secondary N) is 1. The van der Waals surface area contributed by atoms with Crippen molar-refractivity contribution < 1.29 is 9.53 Å². The predicted octanol–water partition coefficient (Wildman–Crippen LogP) is 2.11. The molecular weight excluding hydrogens is 330 g/mol. The highest BCUT2D eigenvalue weighted by Gasteiger charge is 2.07. The largest absolute Gasteiger partial charge is 0.382 e. The van der Waals surface area contributed by atoms with Crippen molar-refractivity contribution >= 4 is 17.5 Å². The highest BCUT2D eigenvalue weighted by Crippen LogP contribution is 2.18. The molecule has 1 aromatic heterocycles. The van der Waals surface area contributed by atoms with Gasteiger partial charge in [-0.3, -0.25) is 9.59 Å². The second-order valence-corrected chi connectivity index (χ2v) is 5.56. The first-order chi connectivity index (χ1) is 11.6. The van der Waals surface area contributed by atoms with E-state index < -0.39 is 0 Å². The average Bonchev–Trinajstić information content (AvgIpc) is 2.57. The van der Waals surface area contributed by atoms with Gasteiger partial charge in [-0.1, -0.05) is 23.7 Å². The molecule has 24 heavy (non-hydrogen) atoms. The quantitative estimate of drug-likeness (QED) is 0.741. The summed E-state index contributed by atoms with van der Waals surface area (Å²) in [5.41, 5.74) is 1.11. The molecule has 1 heterocycles. The van der Waals surface area contributed by atoms with Crippen LogP contribution in [0.4, 0.5) is 0 Å². The number of halogens is 1. The van der Waals surface area contributed by atoms with Gasteiger partial charge >= 0.3 is 0 Å². The summed E-state index contributed by atoms with van der Waals surface area (Å²) in [4.78, 5) is 23.8. The van der Waals surface area contributed by atoms with Crippen LogP contribution in [0.2, 0.25) is 5.02 Å². The molecule has 1 N–H and O–H groups in total.